The highest BCUT2D eigenvalue weighted by Gasteiger charge is 2.20. The van der Waals surface area contributed by atoms with E-state index in [-0.39, 0.29) is 0 Å². The lowest BCUT2D eigenvalue weighted by molar-refractivity contribution is -0.399. The molecule has 0 aromatic carbocycles. The first-order chi connectivity index (χ1) is 6.84. The summed E-state index contributed by atoms with van der Waals surface area (Å²) in [6.45, 7) is 0.811. The van der Waals surface area contributed by atoms with Crippen LogP contribution in [0.25, 0.3) is 0 Å². The van der Waals surface area contributed by atoms with E-state index in [1.54, 1.807) is 6.26 Å². The number of aromatic nitrogens is 1. The minimum Gasteiger partial charge on any atom is -0.460 e. The van der Waals surface area contributed by atoms with E-state index in [2.05, 4.69) is 27.6 Å². The van der Waals surface area contributed by atoms with E-state index < -0.39 is 0 Å². The molecule has 0 saturated carbocycles. The molecule has 0 spiro atoms. The second kappa shape index (κ2) is 2.61. The zero-order chi connectivity index (χ0) is 9.54. The van der Waals surface area contributed by atoms with Crippen LogP contribution in [0.5, 0.6) is 0 Å². The second-order valence-corrected chi connectivity index (χ2v) is 3.53. The van der Waals surface area contributed by atoms with Gasteiger partial charge >= 0.3 is 0 Å². The van der Waals surface area contributed by atoms with E-state index >= 15 is 0 Å². The minimum atomic E-state index is 0.811. The molecule has 0 aliphatic carbocycles. The molecule has 3 heteroatoms. The van der Waals surface area contributed by atoms with Crippen LogP contribution in [0.1, 0.15) is 11.5 Å². The highest BCUT2D eigenvalue weighted by atomic mass is 16.3. The van der Waals surface area contributed by atoms with E-state index in [9.17, 15) is 0 Å². The monoisotopic (exact) mass is 187 g/mol. The molecule has 1 aliphatic heterocycles. The number of fused-ring (bicyclic) bond motifs is 2. The SMILES string of the molecule is C[N+]1=Cc2cccn2Cc2occc21. The molecule has 2 aromatic heterocycles. The summed E-state index contributed by atoms with van der Waals surface area (Å²) in [7, 11) is 2.04. The van der Waals surface area contributed by atoms with Crippen LogP contribution in [-0.4, -0.2) is 22.4 Å². The fraction of sp³-hybridized carbons (Fsp3) is 0.182. The summed E-state index contributed by atoms with van der Waals surface area (Å²) >= 11 is 0. The molecule has 3 heterocycles. The lowest BCUT2D eigenvalue weighted by Gasteiger charge is -1.98. The lowest BCUT2D eigenvalue weighted by atomic mass is 10.3. The Morgan fingerprint density at radius 2 is 2.36 bits per heavy atom. The molecule has 2 aromatic rings. The van der Waals surface area contributed by atoms with Gasteiger partial charge in [-0.3, -0.25) is 0 Å². The molecule has 0 N–H and O–H groups in total. The quantitative estimate of drug-likeness (QED) is 0.576. The van der Waals surface area contributed by atoms with Gasteiger partial charge in [-0.15, -0.1) is 0 Å². The summed E-state index contributed by atoms with van der Waals surface area (Å²) in [5.74, 6) is 1.01. The Labute approximate surface area is 81.9 Å². The number of furan rings is 1. The molecule has 1 aliphatic rings. The predicted octanol–water partition coefficient (Wildman–Crippen LogP) is 1.84. The van der Waals surface area contributed by atoms with Gasteiger partial charge in [0.15, 0.2) is 12.0 Å². The molecule has 0 radical (unpaired) electrons. The van der Waals surface area contributed by atoms with Gasteiger partial charge in [0.05, 0.1) is 12.8 Å². The van der Waals surface area contributed by atoms with Crippen molar-refractivity contribution in [2.45, 2.75) is 6.54 Å². The predicted molar refractivity (Wildman–Crippen MR) is 53.3 cm³/mol. The van der Waals surface area contributed by atoms with E-state index in [1.807, 2.05) is 19.2 Å². The van der Waals surface area contributed by atoms with Crippen molar-refractivity contribution >= 4 is 11.9 Å². The molecule has 0 atom stereocenters. The van der Waals surface area contributed by atoms with E-state index in [0.717, 1.165) is 18.0 Å². The Hall–Kier alpha value is -1.77. The van der Waals surface area contributed by atoms with Gasteiger partial charge in [0.1, 0.15) is 12.7 Å². The topological polar surface area (TPSA) is 21.1 Å². The van der Waals surface area contributed by atoms with Gasteiger partial charge in [0.2, 0.25) is 5.69 Å². The fourth-order valence-corrected chi connectivity index (χ4v) is 1.88. The summed E-state index contributed by atoms with van der Waals surface area (Å²) in [6, 6.07) is 6.15. The highest BCUT2D eigenvalue weighted by Crippen LogP contribution is 2.23. The summed E-state index contributed by atoms with van der Waals surface area (Å²) in [5, 5.41) is 0. The number of hydrogen-bond acceptors (Lipinski definition) is 1. The van der Waals surface area contributed by atoms with Crippen LogP contribution in [0.2, 0.25) is 0 Å². The van der Waals surface area contributed by atoms with Gasteiger partial charge in [-0.1, -0.05) is 0 Å². The second-order valence-electron chi connectivity index (χ2n) is 3.53. The smallest absolute Gasteiger partial charge is 0.248 e. The van der Waals surface area contributed by atoms with E-state index in [1.165, 1.54) is 5.69 Å². The van der Waals surface area contributed by atoms with Gasteiger partial charge in [-0.2, -0.15) is 4.58 Å². The van der Waals surface area contributed by atoms with Crippen LogP contribution in [0, 0.1) is 0 Å². The van der Waals surface area contributed by atoms with Gasteiger partial charge in [-0.25, -0.2) is 0 Å². The van der Waals surface area contributed by atoms with Crippen LogP contribution in [0.4, 0.5) is 5.69 Å². The van der Waals surface area contributed by atoms with Crippen molar-refractivity contribution in [3.8, 4) is 0 Å². The average Bonchev–Trinajstić information content (AvgIpc) is 2.75. The third-order valence-electron chi connectivity index (χ3n) is 2.61. The summed E-state index contributed by atoms with van der Waals surface area (Å²) in [6.07, 6.45) is 5.92. The summed E-state index contributed by atoms with van der Waals surface area (Å²) in [5.41, 5.74) is 2.35. The van der Waals surface area contributed by atoms with Crippen LogP contribution < -0.4 is 0 Å². The third kappa shape index (κ3) is 0.954. The van der Waals surface area contributed by atoms with Crippen LogP contribution >= 0.6 is 0 Å². The van der Waals surface area contributed by atoms with Crippen molar-refractivity contribution in [2.75, 3.05) is 7.05 Å². The Balaban J connectivity index is 2.26. The molecule has 0 saturated heterocycles. The zero-order valence-electron chi connectivity index (χ0n) is 7.97. The molecule has 0 fully saturated rings. The summed E-state index contributed by atoms with van der Waals surface area (Å²) in [4.78, 5) is 0. The van der Waals surface area contributed by atoms with Crippen molar-refractivity contribution in [3.05, 3.63) is 42.1 Å². The zero-order valence-corrected chi connectivity index (χ0v) is 7.97. The van der Waals surface area contributed by atoms with Crippen molar-refractivity contribution in [3.63, 3.8) is 0 Å². The Morgan fingerprint density at radius 3 is 3.29 bits per heavy atom. The number of hydrogen-bond donors (Lipinski definition) is 0. The molecule has 14 heavy (non-hydrogen) atoms. The first kappa shape index (κ1) is 7.62. The molecular weight excluding hydrogens is 176 g/mol. The van der Waals surface area contributed by atoms with Crippen molar-refractivity contribution < 1.29 is 8.99 Å². The van der Waals surface area contributed by atoms with Gasteiger partial charge in [0, 0.05) is 12.3 Å². The minimum absolute atomic E-state index is 0.811. The molecule has 0 amide bonds. The maximum Gasteiger partial charge on any atom is 0.248 e. The normalized spacial score (nSPS) is 14.2. The molecular formula is C11H11N2O+. The molecule has 70 valence electrons. The first-order valence-electron chi connectivity index (χ1n) is 4.64. The van der Waals surface area contributed by atoms with Crippen LogP contribution in [0.3, 0.4) is 0 Å². The Bertz CT molecular complexity index is 505. The van der Waals surface area contributed by atoms with E-state index in [0.29, 0.717) is 0 Å². The maximum absolute atomic E-state index is 5.45. The van der Waals surface area contributed by atoms with Crippen LogP contribution in [0.15, 0.2) is 35.1 Å². The standard InChI is InChI=1S/C11H11N2O/c1-12-7-9-3-2-5-13(9)8-11-10(12)4-6-14-11/h2-7H,8H2,1H3/q+1. The van der Waals surface area contributed by atoms with Gasteiger partial charge in [0.25, 0.3) is 0 Å². The van der Waals surface area contributed by atoms with Crippen molar-refractivity contribution in [2.24, 2.45) is 0 Å². The molecule has 0 unspecified atom stereocenters. The van der Waals surface area contributed by atoms with E-state index in [4.69, 9.17) is 4.42 Å². The Kier molecular flexibility index (Phi) is 1.42. The Morgan fingerprint density at radius 1 is 1.43 bits per heavy atom. The van der Waals surface area contributed by atoms with Crippen molar-refractivity contribution in [1.82, 2.24) is 4.57 Å². The first-order valence-corrected chi connectivity index (χ1v) is 4.64. The largest absolute Gasteiger partial charge is 0.460 e. The molecule has 0 bridgehead atoms. The van der Waals surface area contributed by atoms with Gasteiger partial charge < -0.3 is 8.98 Å². The number of rotatable bonds is 0. The van der Waals surface area contributed by atoms with Crippen molar-refractivity contribution in [1.29, 1.82) is 0 Å². The summed E-state index contributed by atoms with van der Waals surface area (Å²) < 4.78 is 9.72. The third-order valence-corrected chi connectivity index (χ3v) is 2.61. The molecule has 3 nitrogen and oxygen atoms in total. The lowest BCUT2D eigenvalue weighted by Crippen LogP contribution is -2.01. The maximum atomic E-state index is 5.45. The fourth-order valence-electron chi connectivity index (χ4n) is 1.88. The molecule has 3 rings (SSSR count). The average molecular weight is 187 g/mol. The van der Waals surface area contributed by atoms with Crippen LogP contribution in [-0.2, 0) is 6.54 Å². The number of nitrogens with zero attached hydrogens (tertiary/aromatic N) is 2. The highest BCUT2D eigenvalue weighted by molar-refractivity contribution is 5.75. The van der Waals surface area contributed by atoms with Gasteiger partial charge in [-0.05, 0) is 12.1 Å².